The third kappa shape index (κ3) is 4.11. The van der Waals surface area contributed by atoms with Gasteiger partial charge < -0.3 is 10.5 Å². The Hall–Kier alpha value is -3.09. The Labute approximate surface area is 143 Å². The van der Waals surface area contributed by atoms with Crippen LogP contribution >= 0.6 is 0 Å². The number of nitrogens with two attached hydrogens (primary N) is 1. The van der Waals surface area contributed by atoms with E-state index in [0.29, 0.717) is 0 Å². The second-order valence-corrected chi connectivity index (χ2v) is 6.41. The number of nitro benzene ring substituents is 1. The number of benzene rings is 2. The molecule has 2 aromatic rings. The van der Waals surface area contributed by atoms with Crippen molar-refractivity contribution < 1.29 is 35.6 Å². The lowest BCUT2D eigenvalue weighted by molar-refractivity contribution is -0.388. The van der Waals surface area contributed by atoms with Crippen LogP contribution < -0.4 is 15.2 Å². The van der Waals surface area contributed by atoms with Crippen LogP contribution in [0.15, 0.2) is 41.3 Å². The fourth-order valence-electron chi connectivity index (χ4n) is 1.88. The van der Waals surface area contributed by atoms with Gasteiger partial charge in [-0.05, 0) is 12.1 Å². The number of nitro groups is 1. The Morgan fingerprint density at radius 2 is 1.77 bits per heavy atom. The molecule has 13 heteroatoms. The fraction of sp³-hybridized carbons (Fsp3) is 0.0769. The number of halogens is 4. The monoisotopic (exact) mass is 395 g/mol. The summed E-state index contributed by atoms with van der Waals surface area (Å²) in [5.74, 6) is -3.24. The Kier molecular flexibility index (Phi) is 4.93. The topological polar surface area (TPSA) is 125 Å². The molecule has 8 nitrogen and oxygen atoms in total. The van der Waals surface area contributed by atoms with E-state index < -0.39 is 49.9 Å². The first-order valence-electron chi connectivity index (χ1n) is 6.52. The zero-order valence-corrected chi connectivity index (χ0v) is 13.3. The predicted molar refractivity (Wildman–Crippen MR) is 81.4 cm³/mol. The number of ether oxygens (including phenoxy) is 1. The molecule has 0 atom stereocenters. The van der Waals surface area contributed by atoms with Crippen LogP contribution in [0, 0.1) is 15.9 Å². The molecule has 0 fully saturated rings. The van der Waals surface area contributed by atoms with E-state index in [2.05, 4.69) is 4.74 Å². The molecule has 2 rings (SSSR count). The maximum Gasteiger partial charge on any atom is 0.573 e. The third-order valence-electron chi connectivity index (χ3n) is 2.94. The summed E-state index contributed by atoms with van der Waals surface area (Å²) in [6, 6.07) is 6.78. The molecule has 0 aliphatic carbocycles. The molecule has 0 bridgehead atoms. The van der Waals surface area contributed by atoms with Crippen molar-refractivity contribution in [1.82, 2.24) is 0 Å². The summed E-state index contributed by atoms with van der Waals surface area (Å²) in [6.07, 6.45) is -5.38. The molecule has 0 radical (unpaired) electrons. The Bertz CT molecular complexity index is 948. The summed E-state index contributed by atoms with van der Waals surface area (Å²) in [7, 11) is -4.37. The first-order chi connectivity index (χ1) is 11.9. The average Bonchev–Trinajstić information content (AvgIpc) is 2.54. The van der Waals surface area contributed by atoms with Crippen molar-refractivity contribution in [3.63, 3.8) is 0 Å². The van der Waals surface area contributed by atoms with Gasteiger partial charge in [-0.15, -0.1) is 13.2 Å². The minimum Gasteiger partial charge on any atom is -0.396 e. The van der Waals surface area contributed by atoms with E-state index in [1.165, 1.54) is 18.2 Å². The molecule has 0 heterocycles. The zero-order valence-electron chi connectivity index (χ0n) is 12.5. The molecular weight excluding hydrogens is 386 g/mol. The lowest BCUT2D eigenvalue weighted by atomic mass is 10.2. The van der Waals surface area contributed by atoms with Crippen LogP contribution in [0.5, 0.6) is 5.75 Å². The van der Waals surface area contributed by atoms with Gasteiger partial charge in [0.1, 0.15) is 5.69 Å². The van der Waals surface area contributed by atoms with Crippen molar-refractivity contribution in [3.05, 3.63) is 52.3 Å². The van der Waals surface area contributed by atoms with Crippen LogP contribution in [0.3, 0.4) is 0 Å². The molecular formula is C13H9F4N3O5S. The van der Waals surface area contributed by atoms with E-state index in [9.17, 15) is 36.1 Å². The fourth-order valence-corrected chi connectivity index (χ4v) is 2.96. The number of hydrogen-bond donors (Lipinski definition) is 2. The molecule has 0 aromatic heterocycles. The minimum absolute atomic E-state index is 0.243. The number of rotatable bonds is 5. The van der Waals surface area contributed by atoms with Gasteiger partial charge in [-0.1, -0.05) is 18.2 Å². The molecule has 0 spiro atoms. The quantitative estimate of drug-likeness (QED) is 0.347. The first kappa shape index (κ1) is 19.2. The number of sulfonamides is 1. The highest BCUT2D eigenvalue weighted by Gasteiger charge is 2.37. The smallest absolute Gasteiger partial charge is 0.396 e. The highest BCUT2D eigenvalue weighted by atomic mass is 32.2. The minimum atomic E-state index is -5.38. The van der Waals surface area contributed by atoms with Crippen LogP contribution in [0.25, 0.3) is 0 Å². The third-order valence-corrected chi connectivity index (χ3v) is 4.32. The number of nitrogens with one attached hydrogen (secondary N) is 1. The zero-order chi connectivity index (χ0) is 19.7. The van der Waals surface area contributed by atoms with E-state index in [1.54, 1.807) is 4.72 Å². The van der Waals surface area contributed by atoms with Crippen LogP contribution in [0.2, 0.25) is 0 Å². The summed E-state index contributed by atoms with van der Waals surface area (Å²) in [4.78, 5) is 9.33. The van der Waals surface area contributed by atoms with Gasteiger partial charge in [0.25, 0.3) is 10.0 Å². The molecule has 0 unspecified atom stereocenters. The van der Waals surface area contributed by atoms with Gasteiger partial charge in [0.05, 0.1) is 15.5 Å². The lowest BCUT2D eigenvalue weighted by Gasteiger charge is -2.15. The SMILES string of the molecule is Nc1c(F)c(NS(=O)(=O)c2ccccc2)cc([N+](=O)[O-])c1OC(F)(F)F. The molecule has 140 valence electrons. The molecule has 0 saturated heterocycles. The van der Waals surface area contributed by atoms with Gasteiger partial charge >= 0.3 is 12.0 Å². The normalized spacial score (nSPS) is 11.8. The van der Waals surface area contributed by atoms with Crippen molar-refractivity contribution in [2.45, 2.75) is 11.3 Å². The van der Waals surface area contributed by atoms with E-state index in [4.69, 9.17) is 5.73 Å². The molecule has 0 aliphatic heterocycles. The van der Waals surface area contributed by atoms with Crippen molar-refractivity contribution >= 4 is 27.1 Å². The van der Waals surface area contributed by atoms with Gasteiger partial charge in [0.15, 0.2) is 5.82 Å². The number of anilines is 2. The summed E-state index contributed by atoms with van der Waals surface area (Å²) < 4.78 is 80.7. The molecule has 2 aromatic carbocycles. The van der Waals surface area contributed by atoms with Crippen molar-refractivity contribution in [3.8, 4) is 5.75 Å². The molecule has 3 N–H and O–H groups in total. The second kappa shape index (κ2) is 6.67. The number of hydrogen-bond acceptors (Lipinski definition) is 6. The van der Waals surface area contributed by atoms with Gasteiger partial charge in [-0.3, -0.25) is 14.8 Å². The van der Waals surface area contributed by atoms with Crippen LogP contribution in [-0.2, 0) is 10.0 Å². The Balaban J connectivity index is 2.56. The highest BCUT2D eigenvalue weighted by Crippen LogP contribution is 2.42. The van der Waals surface area contributed by atoms with Gasteiger partial charge in [0.2, 0.25) is 5.75 Å². The number of nitrogens with zero attached hydrogens (tertiary/aromatic N) is 1. The van der Waals surface area contributed by atoms with Gasteiger partial charge in [-0.25, -0.2) is 12.8 Å². The van der Waals surface area contributed by atoms with E-state index >= 15 is 0 Å². The summed E-state index contributed by atoms with van der Waals surface area (Å²) in [6.45, 7) is 0. The Morgan fingerprint density at radius 3 is 2.27 bits per heavy atom. The standard InChI is InChI=1S/C13H9F4N3O5S/c14-10-8(19-26(23,24)7-4-2-1-3-5-7)6-9(20(21)22)12(11(10)18)25-13(15,16)17/h1-6,19H,18H2. The van der Waals surface area contributed by atoms with Crippen LogP contribution in [-0.4, -0.2) is 19.7 Å². The summed E-state index contributed by atoms with van der Waals surface area (Å²) >= 11 is 0. The van der Waals surface area contributed by atoms with E-state index in [0.717, 1.165) is 12.1 Å². The van der Waals surface area contributed by atoms with Crippen LogP contribution in [0.4, 0.5) is 34.6 Å². The molecule has 0 amide bonds. The maximum absolute atomic E-state index is 14.2. The number of alkyl halides is 3. The molecule has 26 heavy (non-hydrogen) atoms. The second-order valence-electron chi connectivity index (χ2n) is 4.72. The average molecular weight is 395 g/mol. The molecule has 0 aliphatic rings. The van der Waals surface area contributed by atoms with E-state index in [1.807, 2.05) is 0 Å². The first-order valence-corrected chi connectivity index (χ1v) is 8.00. The van der Waals surface area contributed by atoms with Crippen LogP contribution in [0.1, 0.15) is 0 Å². The maximum atomic E-state index is 14.2. The van der Waals surface area contributed by atoms with Gasteiger partial charge in [0, 0.05) is 6.07 Å². The molecule has 0 saturated carbocycles. The van der Waals surface area contributed by atoms with E-state index in [-0.39, 0.29) is 11.0 Å². The largest absolute Gasteiger partial charge is 0.573 e. The Morgan fingerprint density at radius 1 is 1.19 bits per heavy atom. The number of nitrogen functional groups attached to an aromatic ring is 1. The van der Waals surface area contributed by atoms with Crippen molar-refractivity contribution in [2.24, 2.45) is 0 Å². The predicted octanol–water partition coefficient (Wildman–Crippen LogP) is 3.02. The van der Waals surface area contributed by atoms with Crippen molar-refractivity contribution in [1.29, 1.82) is 0 Å². The summed E-state index contributed by atoms with van der Waals surface area (Å²) in [5.41, 5.74) is 1.40. The van der Waals surface area contributed by atoms with Crippen molar-refractivity contribution in [2.75, 3.05) is 10.5 Å². The van der Waals surface area contributed by atoms with Gasteiger partial charge in [-0.2, -0.15) is 0 Å². The summed E-state index contributed by atoms with van der Waals surface area (Å²) in [5, 5.41) is 11.0. The lowest BCUT2D eigenvalue weighted by Crippen LogP contribution is -2.20. The highest BCUT2D eigenvalue weighted by molar-refractivity contribution is 7.92.